The van der Waals surface area contributed by atoms with Crippen molar-refractivity contribution in [2.24, 2.45) is 11.3 Å². The highest BCUT2D eigenvalue weighted by atomic mass is 16.2. The number of hydrogen-bond donors (Lipinski definition) is 3. The quantitative estimate of drug-likeness (QED) is 0.589. The molecule has 1 fully saturated rings. The Bertz CT molecular complexity index is 1130. The second kappa shape index (κ2) is 8.86. The first-order chi connectivity index (χ1) is 15.7. The topological polar surface area (TPSA) is 115 Å². The Kier molecular flexibility index (Phi) is 6.11. The molecule has 3 N–H and O–H groups in total. The first kappa shape index (κ1) is 22.8. The number of aromatic nitrogens is 1. The van der Waals surface area contributed by atoms with Crippen LogP contribution in [0.1, 0.15) is 83.6 Å². The zero-order valence-corrected chi connectivity index (χ0v) is 19.4. The lowest BCUT2D eigenvalue weighted by Gasteiger charge is -2.28. The van der Waals surface area contributed by atoms with Gasteiger partial charge in [-0.3, -0.25) is 14.4 Å². The number of Topliss-reactive ketones (excluding diaryl/α,β-unsaturated/α-hetero) is 1. The number of amides is 2. The van der Waals surface area contributed by atoms with Crippen LogP contribution in [0.25, 0.3) is 0 Å². The number of fused-ring (bicyclic) bond motifs is 1. The molecular weight excluding hydrogens is 416 g/mol. The van der Waals surface area contributed by atoms with Gasteiger partial charge >= 0.3 is 0 Å². The van der Waals surface area contributed by atoms with Crippen molar-refractivity contribution >= 4 is 23.3 Å². The minimum atomic E-state index is -0.694. The van der Waals surface area contributed by atoms with E-state index in [1.54, 1.807) is 31.2 Å². The van der Waals surface area contributed by atoms with E-state index < -0.39 is 6.04 Å². The van der Waals surface area contributed by atoms with Crippen LogP contribution in [0, 0.1) is 29.6 Å². The lowest BCUT2D eigenvalue weighted by atomic mass is 9.75. The third kappa shape index (κ3) is 5.16. The second-order valence-corrected chi connectivity index (χ2v) is 10.1. The van der Waals surface area contributed by atoms with Crippen LogP contribution in [0.2, 0.25) is 0 Å². The molecule has 0 radical (unpaired) electrons. The molecule has 0 unspecified atom stereocenters. The van der Waals surface area contributed by atoms with Crippen molar-refractivity contribution in [2.75, 3.05) is 5.32 Å². The summed E-state index contributed by atoms with van der Waals surface area (Å²) < 4.78 is 0. The van der Waals surface area contributed by atoms with E-state index in [2.05, 4.69) is 21.7 Å². The molecule has 7 heteroatoms. The third-order valence-corrected chi connectivity index (χ3v) is 6.59. The minimum Gasteiger partial charge on any atom is -0.354 e. The SMILES string of the molecule is Cc1c(C(=O)N[C@H](CCC2CC2)C(=O)Nc2ccc(C#N)cc2)[nH]c2c1C(=O)CC(C)(C)C2. The fourth-order valence-electron chi connectivity index (χ4n) is 4.63. The highest BCUT2D eigenvalue weighted by molar-refractivity contribution is 6.06. The van der Waals surface area contributed by atoms with Crippen LogP contribution < -0.4 is 10.6 Å². The van der Waals surface area contributed by atoms with Gasteiger partial charge in [-0.15, -0.1) is 0 Å². The van der Waals surface area contributed by atoms with Gasteiger partial charge in [-0.25, -0.2) is 0 Å². The molecule has 2 aromatic rings. The van der Waals surface area contributed by atoms with Crippen molar-refractivity contribution in [3.8, 4) is 6.07 Å². The van der Waals surface area contributed by atoms with Crippen molar-refractivity contribution in [3.63, 3.8) is 0 Å². The number of benzene rings is 1. The van der Waals surface area contributed by atoms with Gasteiger partial charge in [0.2, 0.25) is 5.91 Å². The number of carbonyl (C=O) groups excluding carboxylic acids is 3. The molecule has 0 aliphatic heterocycles. The number of rotatable bonds is 7. The fraction of sp³-hybridized carbons (Fsp3) is 0.462. The number of nitrogens with one attached hydrogen (secondary N) is 3. The Morgan fingerprint density at radius 1 is 1.21 bits per heavy atom. The van der Waals surface area contributed by atoms with E-state index in [4.69, 9.17) is 5.26 Å². The Balaban J connectivity index is 1.51. The molecule has 2 aliphatic rings. The van der Waals surface area contributed by atoms with E-state index in [9.17, 15) is 14.4 Å². The fourth-order valence-corrected chi connectivity index (χ4v) is 4.63. The van der Waals surface area contributed by atoms with Crippen LogP contribution in [0.15, 0.2) is 24.3 Å². The highest BCUT2D eigenvalue weighted by Gasteiger charge is 2.36. The number of aromatic amines is 1. The number of nitrogens with zero attached hydrogens (tertiary/aromatic N) is 1. The predicted octanol–water partition coefficient (Wildman–Crippen LogP) is 4.28. The molecule has 1 heterocycles. The van der Waals surface area contributed by atoms with Gasteiger partial charge in [-0.05, 0) is 67.3 Å². The molecule has 1 atom stereocenters. The van der Waals surface area contributed by atoms with Gasteiger partial charge in [-0.1, -0.05) is 26.7 Å². The minimum absolute atomic E-state index is 0.0536. The third-order valence-electron chi connectivity index (χ3n) is 6.59. The zero-order chi connectivity index (χ0) is 23.8. The first-order valence-corrected chi connectivity index (χ1v) is 11.5. The first-order valence-electron chi connectivity index (χ1n) is 11.5. The summed E-state index contributed by atoms with van der Waals surface area (Å²) in [7, 11) is 0. The Labute approximate surface area is 194 Å². The molecule has 0 bridgehead atoms. The van der Waals surface area contributed by atoms with Crippen LogP contribution in [0.4, 0.5) is 5.69 Å². The molecule has 4 rings (SSSR count). The van der Waals surface area contributed by atoms with Crippen molar-refractivity contribution in [2.45, 2.75) is 65.3 Å². The maximum absolute atomic E-state index is 13.2. The number of nitriles is 1. The average Bonchev–Trinajstić information content (AvgIpc) is 3.52. The van der Waals surface area contributed by atoms with Gasteiger partial charge in [0.1, 0.15) is 11.7 Å². The maximum atomic E-state index is 13.2. The van der Waals surface area contributed by atoms with Gasteiger partial charge in [-0.2, -0.15) is 5.26 Å². The van der Waals surface area contributed by atoms with Gasteiger partial charge < -0.3 is 15.6 Å². The summed E-state index contributed by atoms with van der Waals surface area (Å²) in [4.78, 5) is 42.1. The predicted molar refractivity (Wildman–Crippen MR) is 125 cm³/mol. The largest absolute Gasteiger partial charge is 0.354 e. The lowest BCUT2D eigenvalue weighted by Crippen LogP contribution is -2.44. The van der Waals surface area contributed by atoms with Crippen LogP contribution >= 0.6 is 0 Å². The summed E-state index contributed by atoms with van der Waals surface area (Å²) in [6.07, 6.45) is 4.91. The molecule has 1 saturated carbocycles. The van der Waals surface area contributed by atoms with E-state index in [1.807, 2.05) is 13.8 Å². The molecule has 0 spiro atoms. The monoisotopic (exact) mass is 446 g/mol. The zero-order valence-electron chi connectivity index (χ0n) is 19.4. The molecule has 33 heavy (non-hydrogen) atoms. The maximum Gasteiger partial charge on any atom is 0.268 e. The molecule has 0 saturated heterocycles. The van der Waals surface area contributed by atoms with E-state index >= 15 is 0 Å². The van der Waals surface area contributed by atoms with E-state index in [-0.39, 0.29) is 23.0 Å². The Hall–Kier alpha value is -3.40. The smallest absolute Gasteiger partial charge is 0.268 e. The van der Waals surface area contributed by atoms with Gasteiger partial charge in [0.05, 0.1) is 11.6 Å². The van der Waals surface area contributed by atoms with E-state index in [0.717, 1.165) is 25.0 Å². The Morgan fingerprint density at radius 3 is 2.55 bits per heavy atom. The summed E-state index contributed by atoms with van der Waals surface area (Å²) >= 11 is 0. The van der Waals surface area contributed by atoms with Crippen LogP contribution in [0.3, 0.4) is 0 Å². The molecule has 172 valence electrons. The molecule has 1 aromatic heterocycles. The molecule has 2 aliphatic carbocycles. The number of H-pyrrole nitrogens is 1. The summed E-state index contributed by atoms with van der Waals surface area (Å²) in [5, 5.41) is 14.7. The molecule has 7 nitrogen and oxygen atoms in total. The number of carbonyl (C=O) groups is 3. The van der Waals surface area contributed by atoms with E-state index in [0.29, 0.717) is 53.3 Å². The van der Waals surface area contributed by atoms with Crippen molar-refractivity contribution in [3.05, 3.63) is 52.3 Å². The lowest BCUT2D eigenvalue weighted by molar-refractivity contribution is -0.118. The standard InChI is InChI=1S/C26H30N4O3/c1-15-22-20(12-26(2,3)13-21(22)31)29-23(15)25(33)30-19(11-8-16-4-5-16)24(32)28-18-9-6-17(14-27)7-10-18/h6-7,9-10,16,19,29H,4-5,8,11-13H2,1-3H3,(H,28,32)(H,30,33)/t19-/m1/s1. The highest BCUT2D eigenvalue weighted by Crippen LogP contribution is 2.37. The second-order valence-electron chi connectivity index (χ2n) is 10.1. The van der Waals surface area contributed by atoms with E-state index in [1.165, 1.54) is 0 Å². The number of anilines is 1. The van der Waals surface area contributed by atoms with Crippen LogP contribution in [-0.4, -0.2) is 28.6 Å². The van der Waals surface area contributed by atoms with Crippen LogP contribution in [-0.2, 0) is 11.2 Å². The summed E-state index contributed by atoms with van der Waals surface area (Å²) in [6, 6.07) is 7.98. The van der Waals surface area contributed by atoms with Crippen molar-refractivity contribution in [1.29, 1.82) is 5.26 Å². The summed E-state index contributed by atoms with van der Waals surface area (Å²) in [5.74, 6) is 0.00701. The molecular formula is C26H30N4O3. The van der Waals surface area contributed by atoms with Gasteiger partial charge in [0.15, 0.2) is 5.78 Å². The molecule has 1 aromatic carbocycles. The molecule has 2 amide bonds. The van der Waals surface area contributed by atoms with Crippen molar-refractivity contribution < 1.29 is 14.4 Å². The van der Waals surface area contributed by atoms with Crippen LogP contribution in [0.5, 0.6) is 0 Å². The average molecular weight is 447 g/mol. The van der Waals surface area contributed by atoms with Gasteiger partial charge in [0.25, 0.3) is 5.91 Å². The normalized spacial score (nSPS) is 17.6. The number of hydrogen-bond acceptors (Lipinski definition) is 4. The van der Waals surface area contributed by atoms with Gasteiger partial charge in [0, 0.05) is 23.4 Å². The summed E-state index contributed by atoms with van der Waals surface area (Å²) in [5.41, 5.74) is 3.36. The Morgan fingerprint density at radius 2 is 1.91 bits per heavy atom. The van der Waals surface area contributed by atoms with Crippen molar-refractivity contribution in [1.82, 2.24) is 10.3 Å². The number of ketones is 1. The summed E-state index contributed by atoms with van der Waals surface area (Å²) in [6.45, 7) is 5.88.